The minimum atomic E-state index is -4.38. The van der Waals surface area contributed by atoms with Crippen molar-refractivity contribution in [2.24, 2.45) is 0 Å². The van der Waals surface area contributed by atoms with Gasteiger partial charge in [-0.05, 0) is 97.9 Å². The van der Waals surface area contributed by atoms with Crippen molar-refractivity contribution in [1.29, 1.82) is 0 Å². The Kier molecular flexibility index (Phi) is 8.10. The first kappa shape index (κ1) is 28.5. The summed E-state index contributed by atoms with van der Waals surface area (Å²) in [5, 5.41) is 4.62. The van der Waals surface area contributed by atoms with Crippen molar-refractivity contribution in [1.82, 2.24) is 14.8 Å². The van der Waals surface area contributed by atoms with Crippen LogP contribution in [-0.4, -0.2) is 52.9 Å². The van der Waals surface area contributed by atoms with Crippen molar-refractivity contribution >= 4 is 34.2 Å². The van der Waals surface area contributed by atoms with Gasteiger partial charge in [-0.2, -0.15) is 13.2 Å². The zero-order valence-electron chi connectivity index (χ0n) is 23.1. The van der Waals surface area contributed by atoms with Gasteiger partial charge in [0, 0.05) is 36.1 Å². The summed E-state index contributed by atoms with van der Waals surface area (Å²) in [6.45, 7) is 4.03. The van der Waals surface area contributed by atoms with Gasteiger partial charge in [0.1, 0.15) is 5.82 Å². The standard InChI is InChI=1S/C33H32ClF3N4O/c34-26-6-3-5-23(17-26)24-10-13-30-28(18-24)29(32(42)41-16-4-7-27(41)21-40-14-1-2-15-40)19-31(39-30)38-20-22-8-11-25(12-9-22)33(35,36)37/h3,5-6,8-13,17-19,27H,1-2,4,7,14-16,20-21H2,(H,38,39)/t27-/m0/s1. The Bertz CT molecular complexity index is 1590. The molecule has 0 saturated carbocycles. The van der Waals surface area contributed by atoms with E-state index in [2.05, 4.69) is 10.2 Å². The SMILES string of the molecule is O=C(c1cc(NCc2ccc(C(F)(F)F)cc2)nc2ccc(-c3cccc(Cl)c3)cc12)N1CCC[C@H]1CN1CCCC1. The summed E-state index contributed by atoms with van der Waals surface area (Å²) < 4.78 is 39.0. The molecule has 2 saturated heterocycles. The lowest BCUT2D eigenvalue weighted by Gasteiger charge is -2.29. The molecule has 0 bridgehead atoms. The number of aromatic nitrogens is 1. The van der Waals surface area contributed by atoms with Gasteiger partial charge in [-0.25, -0.2) is 4.98 Å². The maximum atomic E-state index is 14.2. The molecule has 1 aromatic heterocycles. The summed E-state index contributed by atoms with van der Waals surface area (Å²) in [4.78, 5) is 23.5. The van der Waals surface area contributed by atoms with Crippen LogP contribution in [0.3, 0.4) is 0 Å². The van der Waals surface area contributed by atoms with E-state index in [1.54, 1.807) is 6.07 Å². The van der Waals surface area contributed by atoms with Crippen LogP contribution in [-0.2, 0) is 12.7 Å². The fourth-order valence-electron chi connectivity index (χ4n) is 6.06. The molecule has 5 nitrogen and oxygen atoms in total. The number of nitrogens with one attached hydrogen (secondary N) is 1. The molecular weight excluding hydrogens is 561 g/mol. The smallest absolute Gasteiger partial charge is 0.366 e. The molecule has 218 valence electrons. The van der Waals surface area contributed by atoms with Crippen LogP contribution < -0.4 is 5.32 Å². The molecule has 1 atom stereocenters. The van der Waals surface area contributed by atoms with Crippen molar-refractivity contribution in [3.8, 4) is 11.1 Å². The van der Waals surface area contributed by atoms with Crippen molar-refractivity contribution in [2.75, 3.05) is 31.5 Å². The number of carbonyl (C=O) groups excluding carboxylic acids is 1. The lowest BCUT2D eigenvalue weighted by atomic mass is 10.00. The highest BCUT2D eigenvalue weighted by Crippen LogP contribution is 2.32. The first-order valence-corrected chi connectivity index (χ1v) is 14.8. The van der Waals surface area contributed by atoms with Crippen molar-refractivity contribution in [2.45, 2.75) is 44.4 Å². The number of carbonyl (C=O) groups is 1. The average molecular weight is 593 g/mol. The number of fused-ring (bicyclic) bond motifs is 1. The van der Waals surface area contributed by atoms with Crippen molar-refractivity contribution in [3.05, 3.63) is 94.5 Å². The van der Waals surface area contributed by atoms with E-state index in [0.29, 0.717) is 34.0 Å². The number of hydrogen-bond donors (Lipinski definition) is 1. The van der Waals surface area contributed by atoms with Gasteiger partial charge in [0.2, 0.25) is 0 Å². The Morgan fingerprint density at radius 3 is 2.43 bits per heavy atom. The van der Waals surface area contributed by atoms with Gasteiger partial charge in [0.05, 0.1) is 16.6 Å². The summed E-state index contributed by atoms with van der Waals surface area (Å²) in [6, 6.07) is 20.4. The Morgan fingerprint density at radius 1 is 0.929 bits per heavy atom. The second-order valence-electron chi connectivity index (χ2n) is 11.1. The Morgan fingerprint density at radius 2 is 1.69 bits per heavy atom. The van der Waals surface area contributed by atoms with Crippen LogP contribution >= 0.6 is 11.6 Å². The monoisotopic (exact) mass is 592 g/mol. The van der Waals surface area contributed by atoms with E-state index in [1.807, 2.05) is 47.4 Å². The maximum absolute atomic E-state index is 14.2. The van der Waals surface area contributed by atoms with Gasteiger partial charge in [-0.15, -0.1) is 0 Å². The highest BCUT2D eigenvalue weighted by molar-refractivity contribution is 6.30. The van der Waals surface area contributed by atoms with Crippen LogP contribution in [0.2, 0.25) is 5.02 Å². The maximum Gasteiger partial charge on any atom is 0.416 e. The zero-order chi connectivity index (χ0) is 29.3. The molecule has 42 heavy (non-hydrogen) atoms. The summed E-state index contributed by atoms with van der Waals surface area (Å²) in [6.07, 6.45) is -0.0167. The lowest BCUT2D eigenvalue weighted by molar-refractivity contribution is -0.137. The quantitative estimate of drug-likeness (QED) is 0.237. The fourth-order valence-corrected chi connectivity index (χ4v) is 6.25. The largest absolute Gasteiger partial charge is 0.416 e. The van der Waals surface area contributed by atoms with Gasteiger partial charge in [-0.3, -0.25) is 4.79 Å². The molecule has 4 aromatic rings. The summed E-state index contributed by atoms with van der Waals surface area (Å²) in [7, 11) is 0. The van der Waals surface area contributed by atoms with E-state index >= 15 is 0 Å². The van der Waals surface area contributed by atoms with Gasteiger partial charge >= 0.3 is 6.18 Å². The summed E-state index contributed by atoms with van der Waals surface area (Å²) in [5.74, 6) is 0.474. The number of alkyl halides is 3. The third kappa shape index (κ3) is 6.25. The van der Waals surface area contributed by atoms with Crippen LogP contribution in [0.15, 0.2) is 72.8 Å². The minimum Gasteiger partial charge on any atom is -0.366 e. The predicted molar refractivity (Wildman–Crippen MR) is 161 cm³/mol. The molecule has 3 heterocycles. The molecule has 1 amide bonds. The number of anilines is 1. The van der Waals surface area contributed by atoms with E-state index in [4.69, 9.17) is 16.6 Å². The van der Waals surface area contributed by atoms with Gasteiger partial charge in [0.25, 0.3) is 5.91 Å². The van der Waals surface area contributed by atoms with E-state index in [1.165, 1.54) is 25.0 Å². The summed E-state index contributed by atoms with van der Waals surface area (Å²) >= 11 is 6.26. The highest BCUT2D eigenvalue weighted by Gasteiger charge is 2.33. The Hall–Kier alpha value is -3.62. The molecule has 9 heteroatoms. The topological polar surface area (TPSA) is 48.5 Å². The predicted octanol–water partition coefficient (Wildman–Crippen LogP) is 7.89. The normalized spacial score (nSPS) is 17.7. The van der Waals surface area contributed by atoms with Crippen LogP contribution in [0.1, 0.15) is 47.2 Å². The molecule has 2 fully saturated rings. The molecular formula is C33H32ClF3N4O. The van der Waals surface area contributed by atoms with Gasteiger partial charge in [-0.1, -0.05) is 41.9 Å². The van der Waals surface area contributed by atoms with Gasteiger partial charge < -0.3 is 15.1 Å². The van der Waals surface area contributed by atoms with E-state index in [-0.39, 0.29) is 18.5 Å². The molecule has 0 unspecified atom stereocenters. The molecule has 0 radical (unpaired) electrons. The Balaban J connectivity index is 1.33. The molecule has 2 aliphatic heterocycles. The summed E-state index contributed by atoms with van der Waals surface area (Å²) in [5.41, 5.74) is 3.09. The van der Waals surface area contributed by atoms with Crippen LogP contribution in [0.4, 0.5) is 19.0 Å². The second kappa shape index (κ2) is 11.9. The van der Waals surface area contributed by atoms with Crippen LogP contribution in [0, 0.1) is 0 Å². The molecule has 0 aliphatic carbocycles. The molecule has 0 spiro atoms. The van der Waals surface area contributed by atoms with Crippen molar-refractivity contribution in [3.63, 3.8) is 0 Å². The van der Waals surface area contributed by atoms with E-state index < -0.39 is 11.7 Å². The number of likely N-dealkylation sites (tertiary alicyclic amines) is 2. The van der Waals surface area contributed by atoms with Crippen LogP contribution in [0.5, 0.6) is 0 Å². The minimum absolute atomic E-state index is 0.0232. The molecule has 1 N–H and O–H groups in total. The number of benzene rings is 3. The second-order valence-corrected chi connectivity index (χ2v) is 11.6. The highest BCUT2D eigenvalue weighted by atomic mass is 35.5. The number of pyridine rings is 1. The molecule has 6 rings (SSSR count). The lowest BCUT2D eigenvalue weighted by Crippen LogP contribution is -2.42. The number of hydrogen-bond acceptors (Lipinski definition) is 4. The van der Waals surface area contributed by atoms with E-state index in [9.17, 15) is 18.0 Å². The van der Waals surface area contributed by atoms with E-state index in [0.717, 1.165) is 61.1 Å². The number of nitrogens with zero attached hydrogens (tertiary/aromatic N) is 3. The zero-order valence-corrected chi connectivity index (χ0v) is 23.9. The number of halogens is 4. The Labute approximate surface area is 248 Å². The molecule has 2 aliphatic rings. The number of amides is 1. The number of rotatable bonds is 7. The van der Waals surface area contributed by atoms with Gasteiger partial charge in [0.15, 0.2) is 0 Å². The van der Waals surface area contributed by atoms with Crippen molar-refractivity contribution < 1.29 is 18.0 Å². The first-order chi connectivity index (χ1) is 20.2. The molecule has 3 aromatic carbocycles. The average Bonchev–Trinajstić information content (AvgIpc) is 3.67. The van der Waals surface area contributed by atoms with Crippen LogP contribution in [0.25, 0.3) is 22.0 Å². The third-order valence-electron chi connectivity index (χ3n) is 8.26. The first-order valence-electron chi connectivity index (χ1n) is 14.4. The fraction of sp³-hybridized carbons (Fsp3) is 0.333. The third-order valence-corrected chi connectivity index (χ3v) is 8.49.